The number of benzene rings is 1. The first-order valence-corrected chi connectivity index (χ1v) is 9.29. The maximum atomic E-state index is 12.9. The van der Waals surface area contributed by atoms with Gasteiger partial charge in [0.15, 0.2) is 11.5 Å². The maximum absolute atomic E-state index is 12.9. The van der Waals surface area contributed by atoms with E-state index in [2.05, 4.69) is 32.6 Å². The number of carbonyl (C=O) groups is 1. The van der Waals surface area contributed by atoms with Crippen LogP contribution in [0.3, 0.4) is 0 Å². The molecule has 0 atom stereocenters. The first-order valence-electron chi connectivity index (χ1n) is 9.29. The summed E-state index contributed by atoms with van der Waals surface area (Å²) in [4.78, 5) is 15.3. The predicted octanol–water partition coefficient (Wildman–Crippen LogP) is 4.00. The standard InChI is InChI=1S/C20H29NO4/c1-14(2)21(15(3)4)11-10-20(8-5-9-20)19(22)25-16-6-7-17-18(12-16)24-13-23-17/h6-7,12,14-15H,5,8-11,13H2,1-4H3. The van der Waals surface area contributed by atoms with Crippen LogP contribution < -0.4 is 14.2 Å². The summed E-state index contributed by atoms with van der Waals surface area (Å²) >= 11 is 0. The molecule has 0 N–H and O–H groups in total. The third-order valence-corrected chi connectivity index (χ3v) is 5.47. The van der Waals surface area contributed by atoms with Crippen molar-refractivity contribution in [2.45, 2.75) is 65.5 Å². The van der Waals surface area contributed by atoms with Crippen LogP contribution in [0.25, 0.3) is 0 Å². The zero-order valence-corrected chi connectivity index (χ0v) is 15.7. The van der Waals surface area contributed by atoms with Gasteiger partial charge in [0.2, 0.25) is 6.79 Å². The zero-order chi connectivity index (χ0) is 18.0. The van der Waals surface area contributed by atoms with Crippen LogP contribution in [0.5, 0.6) is 17.2 Å². The molecule has 1 aliphatic heterocycles. The topological polar surface area (TPSA) is 48.0 Å². The highest BCUT2D eigenvalue weighted by Gasteiger charge is 2.45. The fourth-order valence-electron chi connectivity index (χ4n) is 3.77. The maximum Gasteiger partial charge on any atom is 0.317 e. The molecule has 0 amide bonds. The van der Waals surface area contributed by atoms with Crippen molar-refractivity contribution in [3.8, 4) is 17.2 Å². The van der Waals surface area contributed by atoms with E-state index in [0.717, 1.165) is 32.2 Å². The molecule has 0 unspecified atom stereocenters. The minimum atomic E-state index is -0.335. The Bertz CT molecular complexity index is 614. The Morgan fingerprint density at radius 1 is 1.16 bits per heavy atom. The number of ether oxygens (including phenoxy) is 3. The lowest BCUT2D eigenvalue weighted by molar-refractivity contribution is -0.152. The number of esters is 1. The molecule has 138 valence electrons. The van der Waals surface area contributed by atoms with E-state index in [1.165, 1.54) is 0 Å². The van der Waals surface area contributed by atoms with Crippen LogP contribution in [-0.2, 0) is 4.79 Å². The second-order valence-electron chi connectivity index (χ2n) is 7.71. The molecule has 5 heteroatoms. The fraction of sp³-hybridized carbons (Fsp3) is 0.650. The van der Waals surface area contributed by atoms with Gasteiger partial charge in [-0.05, 0) is 65.6 Å². The molecule has 1 aliphatic carbocycles. The summed E-state index contributed by atoms with van der Waals surface area (Å²) < 4.78 is 16.4. The van der Waals surface area contributed by atoms with Gasteiger partial charge in [-0.1, -0.05) is 6.42 Å². The number of hydrogen-bond donors (Lipinski definition) is 0. The lowest BCUT2D eigenvalue weighted by Gasteiger charge is -2.41. The Hall–Kier alpha value is -1.75. The largest absolute Gasteiger partial charge is 0.454 e. The minimum absolute atomic E-state index is 0.106. The van der Waals surface area contributed by atoms with Gasteiger partial charge in [0.25, 0.3) is 0 Å². The fourth-order valence-corrected chi connectivity index (χ4v) is 3.77. The highest BCUT2D eigenvalue weighted by atomic mass is 16.7. The van der Waals surface area contributed by atoms with Crippen molar-refractivity contribution in [2.75, 3.05) is 13.3 Å². The van der Waals surface area contributed by atoms with E-state index in [4.69, 9.17) is 14.2 Å². The number of carbonyl (C=O) groups excluding carboxylic acids is 1. The molecule has 3 rings (SSSR count). The molecule has 25 heavy (non-hydrogen) atoms. The van der Waals surface area contributed by atoms with Gasteiger partial charge in [-0.2, -0.15) is 0 Å². The third kappa shape index (κ3) is 3.76. The average Bonchev–Trinajstić information content (AvgIpc) is 2.96. The van der Waals surface area contributed by atoms with E-state index in [0.29, 0.717) is 29.3 Å². The molecule has 1 aromatic carbocycles. The van der Waals surface area contributed by atoms with Crippen molar-refractivity contribution >= 4 is 5.97 Å². The van der Waals surface area contributed by atoms with E-state index < -0.39 is 0 Å². The summed E-state index contributed by atoms with van der Waals surface area (Å²) in [5.41, 5.74) is -0.335. The first-order chi connectivity index (χ1) is 11.9. The molecule has 0 spiro atoms. The monoisotopic (exact) mass is 347 g/mol. The molecule has 0 saturated heterocycles. The van der Waals surface area contributed by atoms with Crippen molar-refractivity contribution in [1.29, 1.82) is 0 Å². The van der Waals surface area contributed by atoms with Gasteiger partial charge >= 0.3 is 5.97 Å². The second kappa shape index (κ2) is 7.24. The molecule has 0 bridgehead atoms. The number of hydrogen-bond acceptors (Lipinski definition) is 5. The van der Waals surface area contributed by atoms with E-state index in [1.807, 2.05) is 0 Å². The zero-order valence-electron chi connectivity index (χ0n) is 15.7. The average molecular weight is 347 g/mol. The normalized spacial score (nSPS) is 17.9. The van der Waals surface area contributed by atoms with Crippen LogP contribution in [0.15, 0.2) is 18.2 Å². The minimum Gasteiger partial charge on any atom is -0.454 e. The van der Waals surface area contributed by atoms with Crippen LogP contribution in [0.1, 0.15) is 53.4 Å². The van der Waals surface area contributed by atoms with Crippen LogP contribution in [0.2, 0.25) is 0 Å². The first kappa shape index (κ1) is 18.1. The lowest BCUT2D eigenvalue weighted by Crippen LogP contribution is -2.46. The van der Waals surface area contributed by atoms with Crippen molar-refractivity contribution in [3.63, 3.8) is 0 Å². The van der Waals surface area contributed by atoms with Crippen LogP contribution in [-0.4, -0.2) is 36.3 Å². The summed E-state index contributed by atoms with van der Waals surface area (Å²) in [5.74, 6) is 1.76. The summed E-state index contributed by atoms with van der Waals surface area (Å²) in [6, 6.07) is 6.24. The van der Waals surface area contributed by atoms with Crippen LogP contribution in [0, 0.1) is 5.41 Å². The number of fused-ring (bicyclic) bond motifs is 1. The van der Waals surface area contributed by atoms with Crippen molar-refractivity contribution in [2.24, 2.45) is 5.41 Å². The third-order valence-electron chi connectivity index (χ3n) is 5.47. The van der Waals surface area contributed by atoms with E-state index >= 15 is 0 Å². The molecule has 1 fully saturated rings. The molecule has 0 aromatic heterocycles. The highest BCUT2D eigenvalue weighted by molar-refractivity contribution is 5.80. The Kier molecular flexibility index (Phi) is 5.23. The lowest BCUT2D eigenvalue weighted by atomic mass is 9.66. The van der Waals surface area contributed by atoms with Gasteiger partial charge in [0, 0.05) is 18.2 Å². The smallest absolute Gasteiger partial charge is 0.317 e. The Morgan fingerprint density at radius 2 is 1.84 bits per heavy atom. The van der Waals surface area contributed by atoms with Crippen molar-refractivity contribution < 1.29 is 19.0 Å². The van der Waals surface area contributed by atoms with Gasteiger partial charge in [0.05, 0.1) is 5.41 Å². The number of nitrogens with zero attached hydrogens (tertiary/aromatic N) is 1. The molecule has 1 aromatic rings. The summed E-state index contributed by atoms with van der Waals surface area (Å²) in [5, 5.41) is 0. The molecule has 2 aliphatic rings. The predicted molar refractivity (Wildman–Crippen MR) is 96.1 cm³/mol. The SMILES string of the molecule is CC(C)N(CCC1(C(=O)Oc2ccc3c(c2)OCO3)CCC1)C(C)C. The summed E-state index contributed by atoms with van der Waals surface area (Å²) in [6.07, 6.45) is 3.78. The Morgan fingerprint density at radius 3 is 2.44 bits per heavy atom. The van der Waals surface area contributed by atoms with E-state index in [9.17, 15) is 4.79 Å². The Balaban J connectivity index is 1.64. The van der Waals surface area contributed by atoms with Crippen LogP contribution in [0.4, 0.5) is 0 Å². The summed E-state index contributed by atoms with van der Waals surface area (Å²) in [6.45, 7) is 9.97. The van der Waals surface area contributed by atoms with Gasteiger partial charge in [-0.3, -0.25) is 9.69 Å². The summed E-state index contributed by atoms with van der Waals surface area (Å²) in [7, 11) is 0. The molecule has 5 nitrogen and oxygen atoms in total. The van der Waals surface area contributed by atoms with E-state index in [-0.39, 0.29) is 18.2 Å². The van der Waals surface area contributed by atoms with Crippen molar-refractivity contribution in [1.82, 2.24) is 4.90 Å². The molecule has 1 saturated carbocycles. The van der Waals surface area contributed by atoms with Crippen molar-refractivity contribution in [3.05, 3.63) is 18.2 Å². The molecule has 1 heterocycles. The van der Waals surface area contributed by atoms with Gasteiger partial charge in [-0.25, -0.2) is 0 Å². The Labute approximate surface area is 150 Å². The van der Waals surface area contributed by atoms with Gasteiger partial charge in [-0.15, -0.1) is 0 Å². The molecular formula is C20H29NO4. The molecule has 0 radical (unpaired) electrons. The van der Waals surface area contributed by atoms with E-state index in [1.54, 1.807) is 18.2 Å². The second-order valence-corrected chi connectivity index (χ2v) is 7.71. The van der Waals surface area contributed by atoms with Gasteiger partial charge < -0.3 is 14.2 Å². The van der Waals surface area contributed by atoms with Gasteiger partial charge in [0.1, 0.15) is 5.75 Å². The van der Waals surface area contributed by atoms with Crippen LogP contribution >= 0.6 is 0 Å². The molecular weight excluding hydrogens is 318 g/mol. The number of rotatable bonds is 7. The quantitative estimate of drug-likeness (QED) is 0.551. The highest BCUT2D eigenvalue weighted by Crippen LogP contribution is 2.46.